The lowest BCUT2D eigenvalue weighted by atomic mass is 10.0. The SMILES string of the molecule is CCc1occc1C(=O)NCC1(CCO)CC1. The Balaban J connectivity index is 1.90. The third-order valence-electron chi connectivity index (χ3n) is 3.53. The maximum absolute atomic E-state index is 11.9. The van der Waals surface area contributed by atoms with Gasteiger partial charge < -0.3 is 14.8 Å². The van der Waals surface area contributed by atoms with Crippen molar-refractivity contribution in [3.8, 4) is 0 Å². The Morgan fingerprint density at radius 3 is 2.94 bits per heavy atom. The van der Waals surface area contributed by atoms with Gasteiger partial charge in [0.25, 0.3) is 5.91 Å². The number of aryl methyl sites for hydroxylation is 1. The van der Waals surface area contributed by atoms with E-state index in [9.17, 15) is 4.79 Å². The van der Waals surface area contributed by atoms with Crippen molar-refractivity contribution in [1.82, 2.24) is 5.32 Å². The molecule has 0 bridgehead atoms. The Hall–Kier alpha value is -1.29. The standard InChI is InChI=1S/C13H19NO3/c1-2-11-10(3-8-17-11)12(16)14-9-13(4-5-13)6-7-15/h3,8,15H,2,4-7,9H2,1H3,(H,14,16). The van der Waals surface area contributed by atoms with Gasteiger partial charge in [-0.25, -0.2) is 0 Å². The Morgan fingerprint density at radius 1 is 1.59 bits per heavy atom. The molecule has 1 aromatic heterocycles. The lowest BCUT2D eigenvalue weighted by molar-refractivity contribution is 0.0939. The van der Waals surface area contributed by atoms with Crippen LogP contribution in [0.3, 0.4) is 0 Å². The Labute approximate surface area is 101 Å². The first kappa shape index (κ1) is 12.2. The lowest BCUT2D eigenvalue weighted by Crippen LogP contribution is -2.31. The molecular formula is C13H19NO3. The Morgan fingerprint density at radius 2 is 2.35 bits per heavy atom. The minimum atomic E-state index is -0.0696. The van der Waals surface area contributed by atoms with Gasteiger partial charge >= 0.3 is 0 Å². The van der Waals surface area contributed by atoms with Gasteiger partial charge in [0.2, 0.25) is 0 Å². The lowest BCUT2D eigenvalue weighted by Gasteiger charge is -2.14. The van der Waals surface area contributed by atoms with Crippen LogP contribution >= 0.6 is 0 Å². The summed E-state index contributed by atoms with van der Waals surface area (Å²) in [7, 11) is 0. The number of carbonyl (C=O) groups is 1. The normalized spacial score (nSPS) is 16.8. The van der Waals surface area contributed by atoms with Crippen molar-refractivity contribution < 1.29 is 14.3 Å². The number of furan rings is 1. The molecule has 1 aliphatic rings. The van der Waals surface area contributed by atoms with E-state index < -0.39 is 0 Å². The third kappa shape index (κ3) is 2.69. The number of hydrogen-bond donors (Lipinski definition) is 2. The van der Waals surface area contributed by atoms with Gasteiger partial charge in [0.15, 0.2) is 0 Å². The van der Waals surface area contributed by atoms with Crippen LogP contribution in [0.1, 0.15) is 42.3 Å². The summed E-state index contributed by atoms with van der Waals surface area (Å²) >= 11 is 0. The number of nitrogens with one attached hydrogen (secondary N) is 1. The highest BCUT2D eigenvalue weighted by Gasteiger charge is 2.42. The fourth-order valence-electron chi connectivity index (χ4n) is 2.11. The van der Waals surface area contributed by atoms with Gasteiger partial charge in [-0.05, 0) is 30.7 Å². The van der Waals surface area contributed by atoms with Crippen molar-refractivity contribution in [3.05, 3.63) is 23.7 Å². The summed E-state index contributed by atoms with van der Waals surface area (Å²) in [6, 6.07) is 1.71. The van der Waals surface area contributed by atoms with E-state index in [-0.39, 0.29) is 17.9 Å². The molecule has 17 heavy (non-hydrogen) atoms. The van der Waals surface area contributed by atoms with Gasteiger partial charge in [0, 0.05) is 19.6 Å². The summed E-state index contributed by atoms with van der Waals surface area (Å²) < 4.78 is 5.23. The zero-order chi connectivity index (χ0) is 12.3. The summed E-state index contributed by atoms with van der Waals surface area (Å²) in [6.07, 6.45) is 5.24. The van der Waals surface area contributed by atoms with Crippen LogP contribution in [0, 0.1) is 5.41 Å². The molecule has 0 unspecified atom stereocenters. The molecule has 2 N–H and O–H groups in total. The second kappa shape index (κ2) is 4.92. The quantitative estimate of drug-likeness (QED) is 0.792. The predicted octanol–water partition coefficient (Wildman–Crippen LogP) is 1.73. The van der Waals surface area contributed by atoms with Crippen LogP contribution in [0.5, 0.6) is 0 Å². The van der Waals surface area contributed by atoms with Crippen LogP contribution in [0.25, 0.3) is 0 Å². The fourth-order valence-corrected chi connectivity index (χ4v) is 2.11. The predicted molar refractivity (Wildman–Crippen MR) is 63.8 cm³/mol. The zero-order valence-corrected chi connectivity index (χ0v) is 10.2. The maximum atomic E-state index is 11.9. The van der Waals surface area contributed by atoms with Crippen LogP contribution < -0.4 is 5.32 Å². The largest absolute Gasteiger partial charge is 0.469 e. The number of aliphatic hydroxyl groups excluding tert-OH is 1. The highest BCUT2D eigenvalue weighted by molar-refractivity contribution is 5.95. The van der Waals surface area contributed by atoms with E-state index in [1.165, 1.54) is 0 Å². The number of amides is 1. The monoisotopic (exact) mass is 237 g/mol. The van der Waals surface area contributed by atoms with Crippen LogP contribution in [-0.2, 0) is 6.42 Å². The average Bonchev–Trinajstić information content (AvgIpc) is 2.93. The van der Waals surface area contributed by atoms with Crippen LogP contribution in [0.2, 0.25) is 0 Å². The molecule has 1 saturated carbocycles. The Bertz CT molecular complexity index is 393. The van der Waals surface area contributed by atoms with E-state index in [1.807, 2.05) is 6.92 Å². The molecular weight excluding hydrogens is 218 g/mol. The van der Waals surface area contributed by atoms with E-state index in [2.05, 4.69) is 5.32 Å². The summed E-state index contributed by atoms with van der Waals surface area (Å²) in [4.78, 5) is 11.9. The minimum Gasteiger partial charge on any atom is -0.469 e. The molecule has 0 spiro atoms. The molecule has 1 fully saturated rings. The van der Waals surface area contributed by atoms with E-state index >= 15 is 0 Å². The second-order valence-corrected chi connectivity index (χ2v) is 4.77. The molecule has 0 aliphatic heterocycles. The van der Waals surface area contributed by atoms with Gasteiger partial charge in [0.1, 0.15) is 5.76 Å². The maximum Gasteiger partial charge on any atom is 0.254 e. The molecule has 4 heteroatoms. The minimum absolute atomic E-state index is 0.0696. The highest BCUT2D eigenvalue weighted by atomic mass is 16.3. The van der Waals surface area contributed by atoms with Crippen LogP contribution in [0.4, 0.5) is 0 Å². The van der Waals surface area contributed by atoms with E-state index in [0.29, 0.717) is 12.1 Å². The molecule has 4 nitrogen and oxygen atoms in total. The van der Waals surface area contributed by atoms with Gasteiger partial charge in [-0.2, -0.15) is 0 Å². The van der Waals surface area contributed by atoms with Gasteiger partial charge in [-0.1, -0.05) is 6.92 Å². The van der Waals surface area contributed by atoms with Crippen molar-refractivity contribution in [1.29, 1.82) is 0 Å². The van der Waals surface area contributed by atoms with Crippen molar-refractivity contribution in [2.24, 2.45) is 5.41 Å². The van der Waals surface area contributed by atoms with Gasteiger partial charge in [-0.3, -0.25) is 4.79 Å². The molecule has 0 saturated heterocycles. The highest BCUT2D eigenvalue weighted by Crippen LogP contribution is 2.47. The molecule has 1 heterocycles. The molecule has 0 radical (unpaired) electrons. The summed E-state index contributed by atoms with van der Waals surface area (Å²) in [6.45, 7) is 2.81. The number of rotatable bonds is 6. The smallest absolute Gasteiger partial charge is 0.254 e. The fraction of sp³-hybridized carbons (Fsp3) is 0.615. The molecule has 94 valence electrons. The summed E-state index contributed by atoms with van der Waals surface area (Å²) in [5.41, 5.74) is 0.785. The molecule has 0 atom stereocenters. The van der Waals surface area contributed by atoms with Crippen molar-refractivity contribution >= 4 is 5.91 Å². The number of carbonyl (C=O) groups excluding carboxylic acids is 1. The third-order valence-corrected chi connectivity index (χ3v) is 3.53. The Kier molecular flexibility index (Phi) is 3.52. The molecule has 2 rings (SSSR count). The number of hydrogen-bond acceptors (Lipinski definition) is 3. The van der Waals surface area contributed by atoms with E-state index in [1.54, 1.807) is 12.3 Å². The molecule has 1 aliphatic carbocycles. The van der Waals surface area contributed by atoms with Gasteiger partial charge in [0.05, 0.1) is 11.8 Å². The first-order valence-corrected chi connectivity index (χ1v) is 6.16. The van der Waals surface area contributed by atoms with E-state index in [0.717, 1.165) is 31.4 Å². The second-order valence-electron chi connectivity index (χ2n) is 4.77. The van der Waals surface area contributed by atoms with Crippen LogP contribution in [-0.4, -0.2) is 24.2 Å². The average molecular weight is 237 g/mol. The topological polar surface area (TPSA) is 62.5 Å². The first-order valence-electron chi connectivity index (χ1n) is 6.16. The van der Waals surface area contributed by atoms with Crippen molar-refractivity contribution in [2.45, 2.75) is 32.6 Å². The molecule has 0 aromatic carbocycles. The van der Waals surface area contributed by atoms with Gasteiger partial charge in [-0.15, -0.1) is 0 Å². The summed E-state index contributed by atoms with van der Waals surface area (Å²) in [5.74, 6) is 0.661. The van der Waals surface area contributed by atoms with E-state index in [4.69, 9.17) is 9.52 Å². The number of aliphatic hydroxyl groups is 1. The van der Waals surface area contributed by atoms with Crippen molar-refractivity contribution in [3.63, 3.8) is 0 Å². The zero-order valence-electron chi connectivity index (χ0n) is 10.2. The summed E-state index contributed by atoms with van der Waals surface area (Å²) in [5, 5.41) is 11.9. The first-order chi connectivity index (χ1) is 8.21. The van der Waals surface area contributed by atoms with Crippen LogP contribution in [0.15, 0.2) is 16.7 Å². The van der Waals surface area contributed by atoms with Crippen molar-refractivity contribution in [2.75, 3.05) is 13.2 Å². The molecule has 1 aromatic rings. The molecule has 1 amide bonds.